The number of thioether (sulfide) groups is 1. The number of carbonyl (C=O) groups is 1. The molecule has 1 aliphatic rings. The molecule has 2 aromatic carbocycles. The molecule has 0 spiro atoms. The number of carbonyl (C=O) groups excluding carboxylic acids is 1. The van der Waals surface area contributed by atoms with Crippen LogP contribution in [0.25, 0.3) is 0 Å². The van der Waals surface area contributed by atoms with Crippen LogP contribution >= 0.6 is 39.3 Å². The molecule has 3 aromatic rings. The fraction of sp³-hybridized carbons (Fsp3) is 0.346. The van der Waals surface area contributed by atoms with Crippen LogP contribution < -0.4 is 10.1 Å². The lowest BCUT2D eigenvalue weighted by Gasteiger charge is -2.29. The number of hydrogen-bond acceptors (Lipinski definition) is 7. The number of nitrogens with one attached hydrogen (secondary N) is 1. The molecule has 190 valence electrons. The second-order valence-corrected chi connectivity index (χ2v) is 10.5. The average molecular weight is 592 g/mol. The molecule has 2 heterocycles. The van der Waals surface area contributed by atoms with E-state index in [4.69, 9.17) is 31.2 Å². The van der Waals surface area contributed by atoms with Crippen molar-refractivity contribution in [1.82, 2.24) is 14.8 Å². The maximum atomic E-state index is 13.2. The summed E-state index contributed by atoms with van der Waals surface area (Å²) in [7, 11) is 0. The van der Waals surface area contributed by atoms with Gasteiger partial charge < -0.3 is 14.8 Å². The second kappa shape index (κ2) is 12.2. The van der Waals surface area contributed by atoms with Crippen molar-refractivity contribution in [3.05, 3.63) is 74.4 Å². The van der Waals surface area contributed by atoms with E-state index in [9.17, 15) is 4.79 Å². The minimum absolute atomic E-state index is 0.268. The van der Waals surface area contributed by atoms with Crippen molar-refractivity contribution >= 4 is 51.2 Å². The zero-order chi connectivity index (χ0) is 25.7. The number of allylic oxidation sites excluding steroid dienone is 1. The molecule has 0 bridgehead atoms. The van der Waals surface area contributed by atoms with Gasteiger partial charge in [0.25, 0.3) is 0 Å². The highest BCUT2D eigenvalue weighted by Gasteiger charge is 2.37. The zero-order valence-corrected chi connectivity index (χ0v) is 23.5. The Labute approximate surface area is 228 Å². The van der Waals surface area contributed by atoms with Gasteiger partial charge in [0, 0.05) is 26.5 Å². The second-order valence-electron chi connectivity index (χ2n) is 8.21. The SMILES string of the molecule is CCCCOc1ccc(Br)cc1C1C(C(=O)OCC)=C(C)Nc2nc(SCc3ccccc3Cl)nn21. The Balaban J connectivity index is 1.75. The largest absolute Gasteiger partial charge is 0.493 e. The molecule has 36 heavy (non-hydrogen) atoms. The summed E-state index contributed by atoms with van der Waals surface area (Å²) in [6, 6.07) is 13.0. The van der Waals surface area contributed by atoms with Crippen molar-refractivity contribution < 1.29 is 14.3 Å². The molecule has 0 radical (unpaired) electrons. The summed E-state index contributed by atoms with van der Waals surface area (Å²) in [5.74, 6) is 1.46. The Morgan fingerprint density at radius 3 is 2.81 bits per heavy atom. The minimum atomic E-state index is -0.573. The van der Waals surface area contributed by atoms with Crippen molar-refractivity contribution in [2.75, 3.05) is 18.5 Å². The third kappa shape index (κ3) is 5.90. The van der Waals surface area contributed by atoms with Gasteiger partial charge in [0.2, 0.25) is 11.1 Å². The van der Waals surface area contributed by atoms with Crippen LogP contribution in [0.15, 0.2) is 63.4 Å². The highest BCUT2D eigenvalue weighted by Crippen LogP contribution is 2.41. The van der Waals surface area contributed by atoms with Crippen LogP contribution in [0.4, 0.5) is 5.95 Å². The van der Waals surface area contributed by atoms with Crippen LogP contribution in [0, 0.1) is 0 Å². The van der Waals surface area contributed by atoms with Crippen LogP contribution in [-0.2, 0) is 15.3 Å². The molecule has 1 unspecified atom stereocenters. The molecule has 1 atom stereocenters. The maximum Gasteiger partial charge on any atom is 0.338 e. The lowest BCUT2D eigenvalue weighted by atomic mass is 9.95. The smallest absolute Gasteiger partial charge is 0.338 e. The van der Waals surface area contributed by atoms with Gasteiger partial charge in [-0.05, 0) is 50.1 Å². The van der Waals surface area contributed by atoms with Gasteiger partial charge in [-0.1, -0.05) is 70.8 Å². The maximum absolute atomic E-state index is 13.2. The molecule has 4 rings (SSSR count). The number of benzene rings is 2. The van der Waals surface area contributed by atoms with E-state index in [1.807, 2.05) is 49.4 Å². The Morgan fingerprint density at radius 1 is 1.25 bits per heavy atom. The van der Waals surface area contributed by atoms with Gasteiger partial charge in [-0.2, -0.15) is 4.98 Å². The van der Waals surface area contributed by atoms with Crippen LogP contribution in [0.2, 0.25) is 5.02 Å². The first-order valence-corrected chi connectivity index (χ1v) is 14.0. The minimum Gasteiger partial charge on any atom is -0.493 e. The van der Waals surface area contributed by atoms with Crippen molar-refractivity contribution in [2.45, 2.75) is 50.6 Å². The van der Waals surface area contributed by atoms with Crippen LogP contribution in [-0.4, -0.2) is 33.9 Å². The summed E-state index contributed by atoms with van der Waals surface area (Å²) in [5.41, 5.74) is 2.94. The fourth-order valence-electron chi connectivity index (χ4n) is 3.90. The van der Waals surface area contributed by atoms with Crippen LogP contribution in [0.3, 0.4) is 0 Å². The molecule has 0 saturated heterocycles. The molecule has 10 heteroatoms. The van der Waals surface area contributed by atoms with Crippen molar-refractivity contribution in [3.8, 4) is 5.75 Å². The van der Waals surface area contributed by atoms with Crippen molar-refractivity contribution in [2.24, 2.45) is 0 Å². The molecular formula is C26H28BrClN4O3S. The number of hydrogen-bond donors (Lipinski definition) is 1. The molecule has 0 saturated carbocycles. The van der Waals surface area contributed by atoms with Gasteiger partial charge >= 0.3 is 5.97 Å². The van der Waals surface area contributed by atoms with Gasteiger partial charge in [0.15, 0.2) is 0 Å². The molecule has 0 aliphatic carbocycles. The summed E-state index contributed by atoms with van der Waals surface area (Å²) < 4.78 is 14.2. The molecule has 0 fully saturated rings. The molecule has 0 amide bonds. The van der Waals surface area contributed by atoms with E-state index >= 15 is 0 Å². The number of fused-ring (bicyclic) bond motifs is 1. The third-order valence-corrected chi connectivity index (χ3v) is 7.41. The molecule has 7 nitrogen and oxygen atoms in total. The number of aromatic nitrogens is 3. The van der Waals surface area contributed by atoms with Crippen molar-refractivity contribution in [3.63, 3.8) is 0 Å². The van der Waals surface area contributed by atoms with Crippen LogP contribution in [0.1, 0.15) is 50.8 Å². The van der Waals surface area contributed by atoms with Gasteiger partial charge in [-0.15, -0.1) is 5.10 Å². The predicted molar refractivity (Wildman–Crippen MR) is 147 cm³/mol. The molecular weight excluding hydrogens is 564 g/mol. The number of esters is 1. The summed E-state index contributed by atoms with van der Waals surface area (Å²) in [6.07, 6.45) is 1.95. The molecule has 1 aromatic heterocycles. The zero-order valence-electron chi connectivity index (χ0n) is 20.4. The number of rotatable bonds is 10. The van der Waals surface area contributed by atoms with E-state index in [2.05, 4.69) is 28.2 Å². The Hall–Kier alpha value is -2.49. The third-order valence-electron chi connectivity index (χ3n) is 5.66. The van der Waals surface area contributed by atoms with Gasteiger partial charge in [-0.25, -0.2) is 9.48 Å². The van der Waals surface area contributed by atoms with Gasteiger partial charge in [0.05, 0.1) is 18.8 Å². The van der Waals surface area contributed by atoms with E-state index in [-0.39, 0.29) is 6.61 Å². The first-order chi connectivity index (χ1) is 17.4. The van der Waals surface area contributed by atoms with Gasteiger partial charge in [-0.3, -0.25) is 0 Å². The quantitative estimate of drug-likeness (QED) is 0.154. The lowest BCUT2D eigenvalue weighted by molar-refractivity contribution is -0.139. The highest BCUT2D eigenvalue weighted by atomic mass is 79.9. The van der Waals surface area contributed by atoms with E-state index in [1.165, 1.54) is 11.8 Å². The Morgan fingerprint density at radius 2 is 2.06 bits per heavy atom. The summed E-state index contributed by atoms with van der Waals surface area (Å²) in [6.45, 7) is 6.61. The Kier molecular flexibility index (Phi) is 8.98. The number of nitrogens with zero attached hydrogens (tertiary/aromatic N) is 3. The number of ether oxygens (including phenoxy) is 2. The number of halogens is 2. The number of unbranched alkanes of at least 4 members (excludes halogenated alkanes) is 1. The fourth-order valence-corrected chi connectivity index (χ4v) is 5.40. The lowest BCUT2D eigenvalue weighted by Crippen LogP contribution is -2.30. The standard InChI is InChI=1S/C26H28BrClN4O3S/c1-4-6-13-35-21-12-11-18(27)14-19(21)23-22(24(33)34-5-2)16(3)29-25-30-26(31-32(23)25)36-15-17-9-7-8-10-20(17)28/h7-12,14,23H,4-6,13,15H2,1-3H3,(H,29,30,31). The van der Waals surface area contributed by atoms with E-state index in [0.717, 1.165) is 28.4 Å². The predicted octanol–water partition coefficient (Wildman–Crippen LogP) is 7.02. The number of anilines is 1. The summed E-state index contributed by atoms with van der Waals surface area (Å²) in [5, 5.41) is 9.32. The normalized spacial score (nSPS) is 14.9. The van der Waals surface area contributed by atoms with Crippen LogP contribution in [0.5, 0.6) is 5.75 Å². The van der Waals surface area contributed by atoms with E-state index < -0.39 is 12.0 Å². The first-order valence-electron chi connectivity index (χ1n) is 11.8. The first kappa shape index (κ1) is 26.6. The Bertz CT molecular complexity index is 1280. The highest BCUT2D eigenvalue weighted by molar-refractivity contribution is 9.10. The van der Waals surface area contributed by atoms with E-state index in [1.54, 1.807) is 11.6 Å². The molecule has 1 N–H and O–H groups in total. The summed E-state index contributed by atoms with van der Waals surface area (Å²) >= 11 is 11.4. The van der Waals surface area contributed by atoms with E-state index in [0.29, 0.717) is 45.5 Å². The topological polar surface area (TPSA) is 78.3 Å². The monoisotopic (exact) mass is 590 g/mol. The molecule has 1 aliphatic heterocycles. The summed E-state index contributed by atoms with van der Waals surface area (Å²) in [4.78, 5) is 17.9. The average Bonchev–Trinajstić information content (AvgIpc) is 3.26. The van der Waals surface area contributed by atoms with Crippen molar-refractivity contribution in [1.29, 1.82) is 0 Å². The van der Waals surface area contributed by atoms with Gasteiger partial charge in [0.1, 0.15) is 11.8 Å².